The summed E-state index contributed by atoms with van der Waals surface area (Å²) in [5, 5.41) is 42.4. The Kier molecular flexibility index (Phi) is 5.56. The third-order valence-electron chi connectivity index (χ3n) is 4.67. The molecule has 1 aliphatic heterocycles. The van der Waals surface area contributed by atoms with Crippen LogP contribution in [-0.2, 0) is 11.3 Å². The predicted octanol–water partition coefficient (Wildman–Crippen LogP) is -1.33. The van der Waals surface area contributed by atoms with Gasteiger partial charge in [0, 0.05) is 6.54 Å². The lowest BCUT2D eigenvalue weighted by molar-refractivity contribution is -0.299. The van der Waals surface area contributed by atoms with E-state index in [0.717, 1.165) is 5.56 Å². The van der Waals surface area contributed by atoms with E-state index in [4.69, 9.17) is 9.57 Å². The van der Waals surface area contributed by atoms with E-state index in [-0.39, 0.29) is 0 Å². The number of ether oxygens (including phenoxy) is 1. The topological polar surface area (TPSA) is 155 Å². The van der Waals surface area contributed by atoms with Gasteiger partial charge in [-0.2, -0.15) is 0 Å². The largest absolute Gasteiger partial charge is 0.394 e. The number of fused-ring (bicyclic) bond motifs is 1. The van der Waals surface area contributed by atoms with Crippen molar-refractivity contribution in [1.82, 2.24) is 19.7 Å². The number of aliphatic hydroxyl groups excluding tert-OH is 4. The molecule has 3 heterocycles. The van der Waals surface area contributed by atoms with Gasteiger partial charge in [0.15, 0.2) is 11.3 Å². The zero-order chi connectivity index (χ0) is 20.4. The van der Waals surface area contributed by atoms with Gasteiger partial charge in [0.25, 0.3) is 6.29 Å². The van der Waals surface area contributed by atoms with Crippen molar-refractivity contribution in [2.24, 2.45) is 0 Å². The third kappa shape index (κ3) is 3.86. The highest BCUT2D eigenvalue weighted by Gasteiger charge is 2.45. The van der Waals surface area contributed by atoms with Crippen molar-refractivity contribution >= 4 is 17.0 Å². The molecule has 2 aromatic heterocycles. The van der Waals surface area contributed by atoms with Crippen LogP contribution in [0, 0.1) is 0 Å². The minimum absolute atomic E-state index is 0.313. The molecule has 0 bridgehead atoms. The van der Waals surface area contributed by atoms with Crippen molar-refractivity contribution in [2.45, 2.75) is 37.3 Å². The summed E-state index contributed by atoms with van der Waals surface area (Å²) in [4.78, 5) is 18.2. The molecule has 1 aliphatic rings. The van der Waals surface area contributed by atoms with Crippen molar-refractivity contribution in [3.63, 3.8) is 0 Å². The molecular weight excluding hydrogens is 382 g/mol. The number of imidazole rings is 1. The van der Waals surface area contributed by atoms with Gasteiger partial charge in [-0.1, -0.05) is 30.3 Å². The molecule has 3 aromatic rings. The van der Waals surface area contributed by atoms with E-state index in [2.05, 4.69) is 20.3 Å². The van der Waals surface area contributed by atoms with E-state index in [0.29, 0.717) is 23.5 Å². The van der Waals surface area contributed by atoms with Crippen LogP contribution in [-0.4, -0.2) is 77.4 Å². The molecule has 11 nitrogen and oxygen atoms in total. The Bertz CT molecular complexity index is 952. The molecule has 1 saturated heterocycles. The van der Waals surface area contributed by atoms with Crippen molar-refractivity contribution in [3.05, 3.63) is 48.5 Å². The summed E-state index contributed by atoms with van der Waals surface area (Å²) < 4.78 is 6.53. The van der Waals surface area contributed by atoms with Gasteiger partial charge in [-0.15, -0.1) is 4.73 Å². The molecule has 29 heavy (non-hydrogen) atoms. The van der Waals surface area contributed by atoms with E-state index in [1.807, 2.05) is 30.3 Å². The van der Waals surface area contributed by atoms with Gasteiger partial charge in [0.05, 0.1) is 6.61 Å². The summed E-state index contributed by atoms with van der Waals surface area (Å²) in [5.74, 6) is 0.495. The van der Waals surface area contributed by atoms with Crippen LogP contribution in [0.3, 0.4) is 0 Å². The van der Waals surface area contributed by atoms with Crippen LogP contribution in [0.1, 0.15) is 5.56 Å². The van der Waals surface area contributed by atoms with Gasteiger partial charge in [0.1, 0.15) is 37.1 Å². The van der Waals surface area contributed by atoms with Crippen LogP contribution in [0.25, 0.3) is 11.2 Å². The van der Waals surface area contributed by atoms with Gasteiger partial charge in [-0.3, -0.25) is 0 Å². The predicted molar refractivity (Wildman–Crippen MR) is 99.4 cm³/mol. The molecule has 0 aliphatic carbocycles. The summed E-state index contributed by atoms with van der Waals surface area (Å²) in [5.41, 5.74) is 1.82. The number of aliphatic hydroxyl groups is 4. The Hall–Kier alpha value is -2.83. The first kappa shape index (κ1) is 19.5. The molecule has 0 amide bonds. The fraction of sp³-hybridized carbons (Fsp3) is 0.389. The normalized spacial score (nSPS) is 27.1. The highest BCUT2D eigenvalue weighted by Crippen LogP contribution is 2.22. The second-order valence-corrected chi connectivity index (χ2v) is 6.61. The van der Waals surface area contributed by atoms with Crippen LogP contribution < -0.4 is 10.2 Å². The molecule has 0 saturated carbocycles. The van der Waals surface area contributed by atoms with Crippen molar-refractivity contribution < 1.29 is 30.0 Å². The number of hydrogen-bond acceptors (Lipinski definition) is 10. The smallest absolute Gasteiger partial charge is 0.254 e. The minimum atomic E-state index is -1.54. The first-order chi connectivity index (χ1) is 14.1. The molecule has 154 valence electrons. The molecule has 4 rings (SSSR count). The Morgan fingerprint density at radius 3 is 2.59 bits per heavy atom. The lowest BCUT2D eigenvalue weighted by Gasteiger charge is -2.39. The van der Waals surface area contributed by atoms with E-state index in [9.17, 15) is 20.4 Å². The van der Waals surface area contributed by atoms with Crippen LogP contribution in [0.4, 0.5) is 5.82 Å². The SMILES string of the molecule is OCC1OC(On2cnc3c(NCc4ccccc4)ncnc32)C(O)C(O)C1O. The molecule has 11 heteroatoms. The second kappa shape index (κ2) is 8.27. The maximum atomic E-state index is 10.1. The van der Waals surface area contributed by atoms with Crippen LogP contribution in [0.2, 0.25) is 0 Å². The van der Waals surface area contributed by atoms with Crippen LogP contribution >= 0.6 is 0 Å². The van der Waals surface area contributed by atoms with E-state index < -0.39 is 37.3 Å². The number of rotatable bonds is 6. The molecule has 0 radical (unpaired) electrons. The Morgan fingerprint density at radius 1 is 1.03 bits per heavy atom. The molecule has 0 spiro atoms. The quantitative estimate of drug-likeness (QED) is 0.334. The number of hydrogen-bond donors (Lipinski definition) is 5. The molecule has 5 unspecified atom stereocenters. The number of benzene rings is 1. The third-order valence-corrected chi connectivity index (χ3v) is 4.67. The van der Waals surface area contributed by atoms with Crippen LogP contribution in [0.5, 0.6) is 0 Å². The highest BCUT2D eigenvalue weighted by atomic mass is 16.8. The number of nitrogens with one attached hydrogen (secondary N) is 1. The monoisotopic (exact) mass is 403 g/mol. The summed E-state index contributed by atoms with van der Waals surface area (Å²) in [6, 6.07) is 9.77. The highest BCUT2D eigenvalue weighted by molar-refractivity contribution is 5.82. The summed E-state index contributed by atoms with van der Waals surface area (Å²) in [6.45, 7) is -0.0153. The Morgan fingerprint density at radius 2 is 1.83 bits per heavy atom. The zero-order valence-electron chi connectivity index (χ0n) is 15.2. The first-order valence-corrected chi connectivity index (χ1v) is 9.02. The fourth-order valence-corrected chi connectivity index (χ4v) is 3.07. The lowest BCUT2D eigenvalue weighted by Crippen LogP contribution is -2.61. The van der Waals surface area contributed by atoms with Gasteiger partial charge >= 0.3 is 0 Å². The molecular formula is C18H21N5O6. The minimum Gasteiger partial charge on any atom is -0.394 e. The summed E-state index contributed by atoms with van der Waals surface area (Å²) >= 11 is 0. The Balaban J connectivity index is 1.53. The Labute approximate surface area is 165 Å². The van der Waals surface area contributed by atoms with Crippen molar-refractivity contribution in [3.8, 4) is 0 Å². The van der Waals surface area contributed by atoms with Crippen molar-refractivity contribution in [1.29, 1.82) is 0 Å². The molecule has 5 N–H and O–H groups in total. The summed E-state index contributed by atoms with van der Waals surface area (Å²) in [7, 11) is 0. The zero-order valence-corrected chi connectivity index (χ0v) is 15.2. The maximum Gasteiger partial charge on any atom is 0.254 e. The van der Waals surface area contributed by atoms with Crippen molar-refractivity contribution in [2.75, 3.05) is 11.9 Å². The average molecular weight is 403 g/mol. The van der Waals surface area contributed by atoms with E-state index in [1.165, 1.54) is 17.4 Å². The summed E-state index contributed by atoms with van der Waals surface area (Å²) in [6.07, 6.45) is -4.31. The average Bonchev–Trinajstić information content (AvgIpc) is 3.17. The lowest BCUT2D eigenvalue weighted by atomic mass is 9.99. The maximum absolute atomic E-state index is 10.1. The second-order valence-electron chi connectivity index (χ2n) is 6.61. The first-order valence-electron chi connectivity index (χ1n) is 9.02. The van der Waals surface area contributed by atoms with Gasteiger partial charge in [-0.25, -0.2) is 15.0 Å². The molecule has 1 fully saturated rings. The van der Waals surface area contributed by atoms with Gasteiger partial charge in [0.2, 0.25) is 5.65 Å². The number of anilines is 1. The standard InChI is InChI=1S/C18H21N5O6/c24-7-11-13(25)14(26)15(27)18(28-11)29-23-9-22-12-16(20-8-21-17(12)23)19-6-10-4-2-1-3-5-10/h1-5,8-9,11,13-15,18,24-27H,6-7H2,(H,19,20,21). The van der Waals surface area contributed by atoms with E-state index in [1.54, 1.807) is 0 Å². The number of nitrogens with zero attached hydrogens (tertiary/aromatic N) is 4. The molecule has 1 aromatic carbocycles. The fourth-order valence-electron chi connectivity index (χ4n) is 3.07. The van der Waals surface area contributed by atoms with Gasteiger partial charge < -0.3 is 35.3 Å². The molecule has 5 atom stereocenters. The van der Waals surface area contributed by atoms with Gasteiger partial charge in [-0.05, 0) is 5.56 Å². The van der Waals surface area contributed by atoms with Crippen LogP contribution in [0.15, 0.2) is 43.0 Å². The van der Waals surface area contributed by atoms with E-state index >= 15 is 0 Å². The number of aromatic nitrogens is 4.